The summed E-state index contributed by atoms with van der Waals surface area (Å²) in [5.41, 5.74) is 2.10. The van der Waals surface area contributed by atoms with Crippen molar-refractivity contribution in [3.63, 3.8) is 0 Å². The zero-order valence-corrected chi connectivity index (χ0v) is 20.5. The lowest BCUT2D eigenvalue weighted by molar-refractivity contribution is -0.132. The van der Waals surface area contributed by atoms with Gasteiger partial charge in [0, 0.05) is 5.56 Å². The van der Waals surface area contributed by atoms with Gasteiger partial charge in [-0.1, -0.05) is 41.7 Å². The van der Waals surface area contributed by atoms with Crippen molar-refractivity contribution in [1.29, 1.82) is 0 Å². The Morgan fingerprint density at radius 3 is 2.49 bits per heavy atom. The third kappa shape index (κ3) is 4.30. The van der Waals surface area contributed by atoms with Gasteiger partial charge in [-0.2, -0.15) is 0 Å². The molecule has 0 bridgehead atoms. The topological polar surface area (TPSA) is 106 Å². The van der Waals surface area contributed by atoms with E-state index < -0.39 is 23.7 Å². The lowest BCUT2D eigenvalue weighted by Crippen LogP contribution is -2.29. The lowest BCUT2D eigenvalue weighted by atomic mass is 9.95. The molecular formula is C26H24N2O6S. The third-order valence-electron chi connectivity index (χ3n) is 5.67. The van der Waals surface area contributed by atoms with Crippen molar-refractivity contribution >= 4 is 39.9 Å². The molecule has 8 nitrogen and oxygen atoms in total. The van der Waals surface area contributed by atoms with Gasteiger partial charge in [0.05, 0.1) is 31.0 Å². The molecule has 2 heterocycles. The lowest BCUT2D eigenvalue weighted by Gasteiger charge is -2.23. The second-order valence-electron chi connectivity index (χ2n) is 7.90. The van der Waals surface area contributed by atoms with E-state index in [1.165, 1.54) is 12.0 Å². The molecular weight excluding hydrogens is 468 g/mol. The van der Waals surface area contributed by atoms with E-state index in [9.17, 15) is 19.5 Å². The highest BCUT2D eigenvalue weighted by atomic mass is 32.1. The average molecular weight is 493 g/mol. The summed E-state index contributed by atoms with van der Waals surface area (Å²) in [7, 11) is 1.26. The molecule has 1 saturated heterocycles. The second kappa shape index (κ2) is 9.71. The minimum atomic E-state index is -0.931. The maximum absolute atomic E-state index is 13.3. The minimum Gasteiger partial charge on any atom is -0.507 e. The highest BCUT2D eigenvalue weighted by molar-refractivity contribution is 7.17. The summed E-state index contributed by atoms with van der Waals surface area (Å²) in [5.74, 6) is -1.89. The number of esters is 1. The number of aryl methyl sites for hydroxylation is 2. The molecule has 1 atom stereocenters. The molecule has 0 spiro atoms. The standard InChI is InChI=1S/C26H24N2O6S/c1-5-34-18-12-11-17(13-14(18)2)21(29)19-20(16-9-7-6-8-10-16)28(24(31)22(19)30)26-27-15(3)23(35-26)25(32)33-4/h6-13,20,29H,5H2,1-4H3. The highest BCUT2D eigenvalue weighted by Gasteiger charge is 2.48. The SMILES string of the molecule is CCOc1ccc(C(O)=C2C(=O)C(=O)N(c3nc(C)c(C(=O)OC)s3)C2c2ccccc2)cc1C. The summed E-state index contributed by atoms with van der Waals surface area (Å²) in [6, 6.07) is 13.0. The quantitative estimate of drug-likeness (QED) is 0.232. The zero-order chi connectivity index (χ0) is 25.3. The smallest absolute Gasteiger partial charge is 0.350 e. The summed E-state index contributed by atoms with van der Waals surface area (Å²) in [6.45, 7) is 5.83. The summed E-state index contributed by atoms with van der Waals surface area (Å²) >= 11 is 0.960. The van der Waals surface area contributed by atoms with Crippen molar-refractivity contribution in [2.24, 2.45) is 0 Å². The second-order valence-corrected chi connectivity index (χ2v) is 8.87. The van der Waals surface area contributed by atoms with Crippen molar-refractivity contribution < 1.29 is 29.0 Å². The summed E-state index contributed by atoms with van der Waals surface area (Å²) in [6.07, 6.45) is 0. The fourth-order valence-corrected chi connectivity index (χ4v) is 5.03. The molecule has 0 aliphatic carbocycles. The zero-order valence-electron chi connectivity index (χ0n) is 19.7. The van der Waals surface area contributed by atoms with Gasteiger partial charge in [0.25, 0.3) is 5.78 Å². The molecule has 35 heavy (non-hydrogen) atoms. The molecule has 1 aliphatic rings. The number of aromatic nitrogens is 1. The molecule has 0 saturated carbocycles. The number of Topliss-reactive ketones (excluding diaryl/α,β-unsaturated/α-hetero) is 1. The van der Waals surface area contributed by atoms with Gasteiger partial charge >= 0.3 is 11.9 Å². The fourth-order valence-electron chi connectivity index (χ4n) is 4.02. The number of rotatable bonds is 6. The maximum atomic E-state index is 13.3. The first-order valence-corrected chi connectivity index (χ1v) is 11.8. The number of ether oxygens (including phenoxy) is 2. The molecule has 1 unspecified atom stereocenters. The predicted octanol–water partition coefficient (Wildman–Crippen LogP) is 4.57. The monoisotopic (exact) mass is 492 g/mol. The van der Waals surface area contributed by atoms with Crippen LogP contribution in [0.25, 0.3) is 5.76 Å². The van der Waals surface area contributed by atoms with Gasteiger partial charge in [0.15, 0.2) is 5.13 Å². The number of anilines is 1. The first kappa shape index (κ1) is 24.2. The van der Waals surface area contributed by atoms with Gasteiger partial charge in [-0.15, -0.1) is 0 Å². The van der Waals surface area contributed by atoms with E-state index in [0.29, 0.717) is 29.2 Å². The molecule has 4 rings (SSSR count). The van der Waals surface area contributed by atoms with Crippen molar-refractivity contribution in [3.05, 3.63) is 81.4 Å². The predicted molar refractivity (Wildman–Crippen MR) is 132 cm³/mol. The molecule has 1 aliphatic heterocycles. The van der Waals surface area contributed by atoms with Crippen LogP contribution in [-0.2, 0) is 14.3 Å². The Kier molecular flexibility index (Phi) is 6.70. The van der Waals surface area contributed by atoms with Crippen LogP contribution in [0, 0.1) is 13.8 Å². The summed E-state index contributed by atoms with van der Waals surface area (Å²) in [4.78, 5) is 44.5. The molecule has 1 N–H and O–H groups in total. The molecule has 1 fully saturated rings. The van der Waals surface area contributed by atoms with Gasteiger partial charge in [0.1, 0.15) is 16.4 Å². The van der Waals surface area contributed by atoms with E-state index in [1.807, 2.05) is 19.9 Å². The maximum Gasteiger partial charge on any atom is 0.350 e. The van der Waals surface area contributed by atoms with E-state index in [0.717, 1.165) is 16.9 Å². The Morgan fingerprint density at radius 2 is 1.86 bits per heavy atom. The molecule has 1 amide bonds. The van der Waals surface area contributed by atoms with E-state index in [2.05, 4.69) is 4.98 Å². The Labute approximate surface area is 206 Å². The van der Waals surface area contributed by atoms with Gasteiger partial charge in [0.2, 0.25) is 0 Å². The van der Waals surface area contributed by atoms with E-state index in [-0.39, 0.29) is 21.3 Å². The largest absolute Gasteiger partial charge is 0.507 e. The number of hydrogen-bond acceptors (Lipinski definition) is 8. The number of carbonyl (C=O) groups is 3. The van der Waals surface area contributed by atoms with Crippen LogP contribution >= 0.6 is 11.3 Å². The van der Waals surface area contributed by atoms with Gasteiger partial charge in [-0.25, -0.2) is 9.78 Å². The van der Waals surface area contributed by atoms with Crippen LogP contribution in [-0.4, -0.2) is 41.5 Å². The molecule has 180 valence electrons. The van der Waals surface area contributed by atoms with Gasteiger partial charge in [-0.3, -0.25) is 14.5 Å². The molecule has 2 aromatic carbocycles. The summed E-state index contributed by atoms with van der Waals surface area (Å²) in [5, 5.41) is 11.5. The van der Waals surface area contributed by atoms with Gasteiger partial charge in [-0.05, 0) is 50.1 Å². The molecule has 3 aromatic rings. The Morgan fingerprint density at radius 1 is 1.14 bits per heavy atom. The third-order valence-corrected chi connectivity index (χ3v) is 6.81. The van der Waals surface area contributed by atoms with Crippen LogP contribution in [0.5, 0.6) is 5.75 Å². The number of carbonyl (C=O) groups excluding carboxylic acids is 3. The highest BCUT2D eigenvalue weighted by Crippen LogP contribution is 2.44. The first-order valence-electron chi connectivity index (χ1n) is 10.9. The van der Waals surface area contributed by atoms with Crippen molar-refractivity contribution in [2.75, 3.05) is 18.6 Å². The number of amides is 1. The normalized spacial score (nSPS) is 17.0. The van der Waals surface area contributed by atoms with Gasteiger partial charge < -0.3 is 14.6 Å². The Balaban J connectivity index is 1.90. The summed E-state index contributed by atoms with van der Waals surface area (Å²) < 4.78 is 10.4. The van der Waals surface area contributed by atoms with Crippen molar-refractivity contribution in [3.8, 4) is 5.75 Å². The number of aliphatic hydroxyl groups excluding tert-OH is 1. The van der Waals surface area contributed by atoms with Crippen LogP contribution in [0.4, 0.5) is 5.13 Å². The number of methoxy groups -OCH3 is 1. The van der Waals surface area contributed by atoms with Crippen LogP contribution in [0.1, 0.15) is 45.0 Å². The van der Waals surface area contributed by atoms with Crippen LogP contribution in [0.3, 0.4) is 0 Å². The number of nitrogens with zero attached hydrogens (tertiary/aromatic N) is 2. The number of thiazole rings is 1. The first-order chi connectivity index (χ1) is 16.8. The fraction of sp³-hybridized carbons (Fsp3) is 0.231. The number of ketones is 1. The number of hydrogen-bond donors (Lipinski definition) is 1. The van der Waals surface area contributed by atoms with E-state index in [1.54, 1.807) is 49.4 Å². The van der Waals surface area contributed by atoms with Crippen molar-refractivity contribution in [2.45, 2.75) is 26.8 Å². The number of aliphatic hydroxyl groups is 1. The molecule has 0 radical (unpaired) electrons. The molecule has 9 heteroatoms. The Bertz CT molecular complexity index is 1350. The van der Waals surface area contributed by atoms with E-state index in [4.69, 9.17) is 9.47 Å². The van der Waals surface area contributed by atoms with Crippen LogP contribution in [0.2, 0.25) is 0 Å². The minimum absolute atomic E-state index is 0.0581. The van der Waals surface area contributed by atoms with E-state index >= 15 is 0 Å². The Hall–Kier alpha value is -3.98. The van der Waals surface area contributed by atoms with Crippen molar-refractivity contribution in [1.82, 2.24) is 4.98 Å². The average Bonchev–Trinajstić information content (AvgIpc) is 3.36. The van der Waals surface area contributed by atoms with Crippen LogP contribution < -0.4 is 9.64 Å². The van der Waals surface area contributed by atoms with Crippen LogP contribution in [0.15, 0.2) is 54.1 Å². The number of benzene rings is 2. The molecule has 1 aromatic heterocycles.